The molecule has 120 valence electrons. The van der Waals surface area contributed by atoms with Crippen LogP contribution in [0, 0.1) is 5.82 Å². The fourth-order valence-corrected chi connectivity index (χ4v) is 2.27. The molecule has 0 bridgehead atoms. The van der Waals surface area contributed by atoms with Gasteiger partial charge in [-0.05, 0) is 17.7 Å². The maximum absolute atomic E-state index is 13.4. The lowest BCUT2D eigenvalue weighted by Crippen LogP contribution is -2.45. The van der Waals surface area contributed by atoms with Crippen molar-refractivity contribution in [1.29, 1.82) is 0 Å². The van der Waals surface area contributed by atoms with Crippen molar-refractivity contribution in [2.75, 3.05) is 7.11 Å². The van der Waals surface area contributed by atoms with Gasteiger partial charge in [-0.25, -0.2) is 4.39 Å². The van der Waals surface area contributed by atoms with Crippen LogP contribution in [0.5, 0.6) is 5.75 Å². The van der Waals surface area contributed by atoms with E-state index >= 15 is 0 Å². The van der Waals surface area contributed by atoms with Crippen LogP contribution in [-0.2, 0) is 9.59 Å². The Bertz CT molecular complexity index is 601. The molecule has 8 heteroatoms. The van der Waals surface area contributed by atoms with Gasteiger partial charge in [-0.15, -0.1) is 0 Å². The number of halogens is 3. The van der Waals surface area contributed by atoms with Crippen LogP contribution >= 0.6 is 0 Å². The number of hydrogen-bond donors (Lipinski definition) is 2. The minimum atomic E-state index is -3.54. The van der Waals surface area contributed by atoms with Gasteiger partial charge in [0.2, 0.25) is 5.91 Å². The summed E-state index contributed by atoms with van der Waals surface area (Å²) < 4.78 is 44.2. The second-order valence-corrected chi connectivity index (χ2v) is 5.11. The van der Waals surface area contributed by atoms with Crippen molar-refractivity contribution in [3.8, 4) is 5.75 Å². The highest BCUT2D eigenvalue weighted by Gasteiger charge is 2.40. The van der Waals surface area contributed by atoms with Crippen molar-refractivity contribution in [3.05, 3.63) is 29.6 Å². The standard InChI is InChI=1S/C14H15F3N2O3/c1-14(16,17)13(21)18-9-6-11(20)19-12(9)7-3-4-8(15)10(5-7)22-2/h3-5,9,12H,6H2,1-2H3,(H,18,21)(H,19,20)/t9-,12?/m0/s1. The molecule has 0 radical (unpaired) electrons. The maximum atomic E-state index is 13.4. The Balaban J connectivity index is 2.24. The minimum absolute atomic E-state index is 0.0375. The normalized spacial score (nSPS) is 21.4. The topological polar surface area (TPSA) is 67.4 Å². The van der Waals surface area contributed by atoms with Crippen molar-refractivity contribution in [1.82, 2.24) is 10.6 Å². The SMILES string of the molecule is COc1cc(C2NC(=O)C[C@@H]2NC(=O)C(C)(F)F)ccc1F. The van der Waals surface area contributed by atoms with E-state index in [1.54, 1.807) is 0 Å². The number of nitrogens with one attached hydrogen (secondary N) is 2. The molecule has 1 aromatic rings. The van der Waals surface area contributed by atoms with Crippen molar-refractivity contribution < 1.29 is 27.5 Å². The predicted molar refractivity (Wildman–Crippen MR) is 71.0 cm³/mol. The third kappa shape index (κ3) is 3.32. The number of amides is 2. The lowest BCUT2D eigenvalue weighted by atomic mass is 10.00. The summed E-state index contributed by atoms with van der Waals surface area (Å²) in [4.78, 5) is 22.9. The molecule has 1 unspecified atom stereocenters. The zero-order valence-corrected chi connectivity index (χ0v) is 12.0. The maximum Gasteiger partial charge on any atom is 0.321 e. The molecular formula is C14H15F3N2O3. The molecule has 1 aliphatic heterocycles. The van der Waals surface area contributed by atoms with Gasteiger partial charge in [-0.2, -0.15) is 8.78 Å². The Kier molecular flexibility index (Phi) is 4.30. The Morgan fingerprint density at radius 3 is 2.73 bits per heavy atom. The predicted octanol–water partition coefficient (Wildman–Crippen LogP) is 1.54. The molecule has 0 spiro atoms. The summed E-state index contributed by atoms with van der Waals surface area (Å²) in [5.41, 5.74) is 0.453. The summed E-state index contributed by atoms with van der Waals surface area (Å²) in [6.07, 6.45) is -0.133. The molecule has 1 aliphatic rings. The van der Waals surface area contributed by atoms with Crippen LogP contribution in [0.3, 0.4) is 0 Å². The number of methoxy groups -OCH3 is 1. The monoisotopic (exact) mass is 316 g/mol. The van der Waals surface area contributed by atoms with Gasteiger partial charge in [0.25, 0.3) is 5.91 Å². The quantitative estimate of drug-likeness (QED) is 0.885. The summed E-state index contributed by atoms with van der Waals surface area (Å²) in [6, 6.07) is 2.33. The average molecular weight is 316 g/mol. The molecule has 22 heavy (non-hydrogen) atoms. The van der Waals surface area contributed by atoms with Crippen molar-refractivity contribution in [2.45, 2.75) is 31.4 Å². The van der Waals surface area contributed by atoms with Crippen LogP contribution in [0.15, 0.2) is 18.2 Å². The fraction of sp³-hybridized carbons (Fsp3) is 0.429. The lowest BCUT2D eigenvalue weighted by molar-refractivity contribution is -0.143. The molecule has 1 heterocycles. The summed E-state index contributed by atoms with van der Waals surface area (Å²) in [7, 11) is 1.28. The van der Waals surface area contributed by atoms with E-state index in [9.17, 15) is 22.8 Å². The lowest BCUT2D eigenvalue weighted by Gasteiger charge is -2.22. The van der Waals surface area contributed by atoms with Crippen molar-refractivity contribution in [2.24, 2.45) is 0 Å². The van der Waals surface area contributed by atoms with Gasteiger partial charge in [0.15, 0.2) is 11.6 Å². The van der Waals surface area contributed by atoms with Gasteiger partial charge in [0.1, 0.15) is 0 Å². The average Bonchev–Trinajstić information content (AvgIpc) is 2.79. The smallest absolute Gasteiger partial charge is 0.321 e. The summed E-state index contributed by atoms with van der Waals surface area (Å²) in [5, 5.41) is 4.71. The highest BCUT2D eigenvalue weighted by Crippen LogP contribution is 2.29. The molecule has 2 amide bonds. The number of carbonyl (C=O) groups is 2. The number of benzene rings is 1. The molecule has 1 saturated heterocycles. The van der Waals surface area contributed by atoms with Crippen molar-refractivity contribution >= 4 is 11.8 Å². The van der Waals surface area contributed by atoms with E-state index in [1.165, 1.54) is 19.2 Å². The molecule has 1 fully saturated rings. The molecule has 1 aromatic carbocycles. The number of carbonyl (C=O) groups excluding carboxylic acids is 2. The van der Waals surface area contributed by atoms with Gasteiger partial charge in [0.05, 0.1) is 19.2 Å². The van der Waals surface area contributed by atoms with Gasteiger partial charge < -0.3 is 15.4 Å². The summed E-state index contributed by atoms with van der Waals surface area (Å²) >= 11 is 0. The van der Waals surface area contributed by atoms with E-state index in [4.69, 9.17) is 4.74 Å². The molecule has 0 aliphatic carbocycles. The zero-order valence-electron chi connectivity index (χ0n) is 12.0. The molecule has 0 aromatic heterocycles. The molecular weight excluding hydrogens is 301 g/mol. The van der Waals surface area contributed by atoms with E-state index in [2.05, 4.69) is 10.6 Å². The van der Waals surface area contributed by atoms with Crippen LogP contribution in [0.1, 0.15) is 24.9 Å². The zero-order chi connectivity index (χ0) is 16.5. The summed E-state index contributed by atoms with van der Waals surface area (Å²) in [6.45, 7) is 0.475. The number of rotatable bonds is 4. The van der Waals surface area contributed by atoms with Crippen LogP contribution in [0.25, 0.3) is 0 Å². The minimum Gasteiger partial charge on any atom is -0.494 e. The Morgan fingerprint density at radius 2 is 2.14 bits per heavy atom. The molecule has 2 atom stereocenters. The molecule has 2 N–H and O–H groups in total. The van der Waals surface area contributed by atoms with E-state index in [-0.39, 0.29) is 12.2 Å². The van der Waals surface area contributed by atoms with E-state index in [1.807, 2.05) is 0 Å². The van der Waals surface area contributed by atoms with Crippen LogP contribution in [0.2, 0.25) is 0 Å². The fourth-order valence-electron chi connectivity index (χ4n) is 2.27. The molecule has 5 nitrogen and oxygen atoms in total. The number of alkyl halides is 2. The van der Waals surface area contributed by atoms with Crippen LogP contribution in [0.4, 0.5) is 13.2 Å². The highest BCUT2D eigenvalue weighted by molar-refractivity contribution is 5.86. The first-order valence-corrected chi connectivity index (χ1v) is 6.54. The van der Waals surface area contributed by atoms with E-state index < -0.39 is 35.6 Å². The first-order valence-electron chi connectivity index (χ1n) is 6.54. The van der Waals surface area contributed by atoms with Crippen molar-refractivity contribution in [3.63, 3.8) is 0 Å². The van der Waals surface area contributed by atoms with Gasteiger partial charge in [-0.1, -0.05) is 6.07 Å². The Labute approximate surface area is 124 Å². The van der Waals surface area contributed by atoms with E-state index in [0.717, 1.165) is 6.07 Å². The third-order valence-corrected chi connectivity index (χ3v) is 3.37. The van der Waals surface area contributed by atoms with Gasteiger partial charge >= 0.3 is 5.92 Å². The first kappa shape index (κ1) is 16.1. The first-order chi connectivity index (χ1) is 10.2. The highest BCUT2D eigenvalue weighted by atomic mass is 19.3. The Hall–Kier alpha value is -2.25. The molecule has 0 saturated carbocycles. The van der Waals surface area contributed by atoms with Gasteiger partial charge in [0, 0.05) is 13.3 Å². The second kappa shape index (κ2) is 5.86. The summed E-state index contributed by atoms with van der Waals surface area (Å²) in [5.74, 6) is -6.02. The Morgan fingerprint density at radius 1 is 1.45 bits per heavy atom. The van der Waals surface area contributed by atoms with Crippen LogP contribution in [-0.4, -0.2) is 30.9 Å². The number of hydrogen-bond acceptors (Lipinski definition) is 3. The second-order valence-electron chi connectivity index (χ2n) is 5.11. The van der Waals surface area contributed by atoms with E-state index in [0.29, 0.717) is 12.5 Å². The van der Waals surface area contributed by atoms with Gasteiger partial charge in [-0.3, -0.25) is 9.59 Å². The molecule has 2 rings (SSSR count). The number of ether oxygens (including phenoxy) is 1. The third-order valence-electron chi connectivity index (χ3n) is 3.37. The van der Waals surface area contributed by atoms with Crippen LogP contribution < -0.4 is 15.4 Å². The largest absolute Gasteiger partial charge is 0.494 e.